The smallest absolute Gasteiger partial charge is 0.227 e. The topological polar surface area (TPSA) is 45.9 Å². The van der Waals surface area contributed by atoms with Crippen LogP contribution in [-0.2, 0) is 16.0 Å². The first kappa shape index (κ1) is 18.5. The largest absolute Gasteiger partial charge is 0.464 e. The van der Waals surface area contributed by atoms with Gasteiger partial charge in [-0.1, -0.05) is 12.1 Å². The number of hydrogen-bond donors (Lipinski definition) is 0. The molecule has 0 bridgehead atoms. The summed E-state index contributed by atoms with van der Waals surface area (Å²) < 4.78 is 11.3. The fourth-order valence-corrected chi connectivity index (χ4v) is 5.00. The third kappa shape index (κ3) is 3.63. The average molecular weight is 370 g/mol. The minimum absolute atomic E-state index is 0.176. The van der Waals surface area contributed by atoms with Gasteiger partial charge in [0.25, 0.3) is 0 Å². The number of nitrogens with zero attached hydrogens (tertiary/aromatic N) is 2. The van der Waals surface area contributed by atoms with Crippen molar-refractivity contribution in [2.75, 3.05) is 27.2 Å². The molecule has 2 aromatic rings. The van der Waals surface area contributed by atoms with Crippen molar-refractivity contribution in [1.82, 2.24) is 9.80 Å². The number of carbonyl (C=O) groups is 1. The Morgan fingerprint density at radius 2 is 2.04 bits per heavy atom. The maximum atomic E-state index is 13.2. The Hall–Kier alpha value is -1.85. The van der Waals surface area contributed by atoms with Crippen LogP contribution in [0.5, 0.6) is 0 Å². The fourth-order valence-electron chi connectivity index (χ4n) is 5.00. The maximum absolute atomic E-state index is 13.2. The molecule has 3 atom stereocenters. The molecule has 1 aliphatic heterocycles. The van der Waals surface area contributed by atoms with Gasteiger partial charge in [-0.15, -0.1) is 0 Å². The minimum Gasteiger partial charge on any atom is -0.464 e. The Morgan fingerprint density at radius 1 is 1.22 bits per heavy atom. The number of likely N-dealkylation sites (tertiary alicyclic amines) is 1. The number of ether oxygens (including phenoxy) is 1. The Labute approximate surface area is 161 Å². The molecule has 27 heavy (non-hydrogen) atoms. The van der Waals surface area contributed by atoms with Crippen LogP contribution in [0.3, 0.4) is 0 Å². The zero-order chi connectivity index (χ0) is 18.8. The zero-order valence-corrected chi connectivity index (χ0v) is 16.4. The third-order valence-corrected chi connectivity index (χ3v) is 6.45. The van der Waals surface area contributed by atoms with Crippen LogP contribution in [0, 0.1) is 0 Å². The number of likely N-dealkylation sites (N-methyl/N-ethyl adjacent to an activating group) is 1. The van der Waals surface area contributed by atoms with Gasteiger partial charge < -0.3 is 14.1 Å². The van der Waals surface area contributed by atoms with E-state index in [9.17, 15) is 4.79 Å². The van der Waals surface area contributed by atoms with Crippen LogP contribution in [0.4, 0.5) is 0 Å². The molecule has 0 N–H and O–H groups in total. The van der Waals surface area contributed by atoms with E-state index in [1.807, 2.05) is 43.3 Å². The quantitative estimate of drug-likeness (QED) is 0.809. The van der Waals surface area contributed by atoms with E-state index in [4.69, 9.17) is 9.15 Å². The minimum atomic E-state index is 0.176. The normalized spacial score (nSPS) is 26.5. The molecule has 1 saturated carbocycles. The summed E-state index contributed by atoms with van der Waals surface area (Å²) in [4.78, 5) is 17.7. The molecule has 3 unspecified atom stereocenters. The van der Waals surface area contributed by atoms with Gasteiger partial charge in [0.1, 0.15) is 5.58 Å². The molecule has 1 saturated heterocycles. The molecule has 1 aromatic heterocycles. The molecule has 146 valence electrons. The van der Waals surface area contributed by atoms with Gasteiger partial charge in [-0.05, 0) is 62.9 Å². The van der Waals surface area contributed by atoms with Gasteiger partial charge in [0.15, 0.2) is 0 Å². The van der Waals surface area contributed by atoms with Crippen LogP contribution in [0.1, 0.15) is 37.7 Å². The van der Waals surface area contributed by atoms with Gasteiger partial charge in [0.2, 0.25) is 5.91 Å². The fraction of sp³-hybridized carbons (Fsp3) is 0.591. The molecule has 1 amide bonds. The van der Waals surface area contributed by atoms with E-state index in [1.54, 1.807) is 6.26 Å². The Kier molecular flexibility index (Phi) is 5.50. The summed E-state index contributed by atoms with van der Waals surface area (Å²) in [7, 11) is 3.79. The second-order valence-corrected chi connectivity index (χ2v) is 7.94. The molecule has 2 fully saturated rings. The molecule has 2 heterocycles. The number of hydrogen-bond acceptors (Lipinski definition) is 4. The van der Waals surface area contributed by atoms with E-state index in [0.717, 1.165) is 48.9 Å². The number of methoxy groups -OCH3 is 1. The lowest BCUT2D eigenvalue weighted by Crippen LogP contribution is -2.59. The first-order chi connectivity index (χ1) is 13.2. The highest BCUT2D eigenvalue weighted by Crippen LogP contribution is 2.31. The second kappa shape index (κ2) is 8.03. The first-order valence-corrected chi connectivity index (χ1v) is 10.2. The van der Waals surface area contributed by atoms with Crippen molar-refractivity contribution in [1.29, 1.82) is 0 Å². The molecular weight excluding hydrogens is 340 g/mol. The van der Waals surface area contributed by atoms with Gasteiger partial charge >= 0.3 is 0 Å². The van der Waals surface area contributed by atoms with Crippen LogP contribution in [-0.4, -0.2) is 61.1 Å². The second-order valence-electron chi connectivity index (χ2n) is 7.94. The van der Waals surface area contributed by atoms with E-state index in [-0.39, 0.29) is 18.1 Å². The first-order valence-electron chi connectivity index (χ1n) is 10.2. The molecule has 0 spiro atoms. The number of rotatable bonds is 5. The third-order valence-electron chi connectivity index (χ3n) is 6.45. The van der Waals surface area contributed by atoms with Gasteiger partial charge in [-0.3, -0.25) is 9.69 Å². The molecule has 4 rings (SSSR count). The van der Waals surface area contributed by atoms with E-state index in [0.29, 0.717) is 12.5 Å². The van der Waals surface area contributed by atoms with Crippen LogP contribution in [0.15, 0.2) is 34.9 Å². The number of carbonyl (C=O) groups excluding carboxylic acids is 1. The molecule has 5 heteroatoms. The zero-order valence-electron chi connectivity index (χ0n) is 16.4. The monoisotopic (exact) mass is 370 g/mol. The summed E-state index contributed by atoms with van der Waals surface area (Å²) in [6.45, 7) is 2.24. The van der Waals surface area contributed by atoms with Crippen molar-refractivity contribution in [3.8, 4) is 0 Å². The van der Waals surface area contributed by atoms with Crippen molar-refractivity contribution < 1.29 is 13.9 Å². The molecular formula is C22H30N2O3. The van der Waals surface area contributed by atoms with Crippen LogP contribution in [0.2, 0.25) is 0 Å². The van der Waals surface area contributed by atoms with Crippen LogP contribution in [0.25, 0.3) is 11.0 Å². The van der Waals surface area contributed by atoms with E-state index in [2.05, 4.69) is 4.90 Å². The summed E-state index contributed by atoms with van der Waals surface area (Å²) >= 11 is 0. The lowest BCUT2D eigenvalue weighted by Gasteiger charge is -2.46. The number of fused-ring (bicyclic) bond motifs is 1. The number of furan rings is 1. The average Bonchev–Trinajstić information content (AvgIpc) is 3.38. The Balaban J connectivity index is 1.53. The standard InChI is InChI=1S/C22H30N2O3/c1-23(21(25)15-16-7-5-9-19-17(16)11-14-27-19)18-8-6-10-20(26-2)22(18)24-12-3-4-13-24/h5,7,9,11,14,18,20,22H,3-4,6,8,10,12-13,15H2,1-2H3. The number of benzene rings is 1. The van der Waals surface area contributed by atoms with Crippen LogP contribution >= 0.6 is 0 Å². The molecule has 0 radical (unpaired) electrons. The lowest BCUT2D eigenvalue weighted by molar-refractivity contribution is -0.136. The van der Waals surface area contributed by atoms with Crippen molar-refractivity contribution in [3.63, 3.8) is 0 Å². The van der Waals surface area contributed by atoms with Crippen molar-refractivity contribution in [3.05, 3.63) is 36.1 Å². The highest BCUT2D eigenvalue weighted by molar-refractivity contribution is 5.87. The number of amides is 1. The van der Waals surface area contributed by atoms with Crippen molar-refractivity contribution >= 4 is 16.9 Å². The summed E-state index contributed by atoms with van der Waals surface area (Å²) in [5, 5.41) is 1.04. The summed E-state index contributed by atoms with van der Waals surface area (Å²) in [6, 6.07) is 8.42. The van der Waals surface area contributed by atoms with Gasteiger partial charge in [-0.2, -0.15) is 0 Å². The Bertz CT molecular complexity index is 779. The summed E-state index contributed by atoms with van der Waals surface area (Å²) in [6.07, 6.45) is 8.07. The van der Waals surface area contributed by atoms with E-state index in [1.165, 1.54) is 12.8 Å². The van der Waals surface area contributed by atoms with Crippen LogP contribution < -0.4 is 0 Å². The van der Waals surface area contributed by atoms with Gasteiger partial charge in [-0.25, -0.2) is 0 Å². The molecule has 1 aromatic carbocycles. The van der Waals surface area contributed by atoms with Gasteiger partial charge in [0, 0.05) is 25.6 Å². The molecule has 2 aliphatic rings. The van der Waals surface area contributed by atoms with E-state index >= 15 is 0 Å². The highest BCUT2D eigenvalue weighted by atomic mass is 16.5. The lowest BCUT2D eigenvalue weighted by atomic mass is 9.85. The summed E-state index contributed by atoms with van der Waals surface area (Å²) in [5.41, 5.74) is 1.88. The highest BCUT2D eigenvalue weighted by Gasteiger charge is 2.41. The van der Waals surface area contributed by atoms with E-state index < -0.39 is 0 Å². The summed E-state index contributed by atoms with van der Waals surface area (Å²) in [5.74, 6) is 0.176. The van der Waals surface area contributed by atoms with Crippen molar-refractivity contribution in [2.45, 2.75) is 56.7 Å². The molecule has 1 aliphatic carbocycles. The van der Waals surface area contributed by atoms with Gasteiger partial charge in [0.05, 0.1) is 24.8 Å². The SMILES string of the molecule is COC1CCCC(N(C)C(=O)Cc2cccc3occc23)C1N1CCCC1. The predicted octanol–water partition coefficient (Wildman–Crippen LogP) is 3.47. The predicted molar refractivity (Wildman–Crippen MR) is 106 cm³/mol. The maximum Gasteiger partial charge on any atom is 0.227 e. The molecule has 5 nitrogen and oxygen atoms in total. The van der Waals surface area contributed by atoms with Crippen molar-refractivity contribution in [2.24, 2.45) is 0 Å². The Morgan fingerprint density at radius 3 is 2.81 bits per heavy atom.